The molecule has 0 saturated carbocycles. The molecule has 3 nitrogen and oxygen atoms in total. The summed E-state index contributed by atoms with van der Waals surface area (Å²) in [5.41, 5.74) is 0.936. The summed E-state index contributed by atoms with van der Waals surface area (Å²) in [6, 6.07) is 6.86. The molecule has 0 saturated heterocycles. The lowest BCUT2D eigenvalue weighted by molar-refractivity contribution is 0.0321. The Kier molecular flexibility index (Phi) is 2.86. The zero-order chi connectivity index (χ0) is 11.8. The molecule has 4 heteroatoms. The molecule has 0 aromatic heterocycles. The summed E-state index contributed by atoms with van der Waals surface area (Å²) in [6.45, 7) is 2.12. The quantitative estimate of drug-likeness (QED) is 0.596. The zero-order valence-electron chi connectivity index (χ0n) is 9.15. The van der Waals surface area contributed by atoms with Gasteiger partial charge in [0, 0.05) is 17.7 Å². The number of carbonyl (C=O) groups excluding carboxylic acids is 2. The third kappa shape index (κ3) is 1.33. The van der Waals surface area contributed by atoms with E-state index in [4.69, 9.17) is 4.74 Å². The molecular formula is C12H12O3S. The Hall–Kier alpha value is -1.13. The van der Waals surface area contributed by atoms with Gasteiger partial charge in [0.05, 0.1) is 0 Å². The van der Waals surface area contributed by atoms with Gasteiger partial charge in [-0.2, -0.15) is 0 Å². The molecule has 0 radical (unpaired) electrons. The van der Waals surface area contributed by atoms with Crippen LogP contribution in [-0.4, -0.2) is 29.4 Å². The monoisotopic (exact) mass is 236 g/mol. The first-order valence-corrected chi connectivity index (χ1v) is 6.27. The molecule has 1 aromatic rings. The van der Waals surface area contributed by atoms with E-state index in [1.165, 1.54) is 0 Å². The maximum atomic E-state index is 12.2. The van der Waals surface area contributed by atoms with Gasteiger partial charge in [0.25, 0.3) is 0 Å². The Morgan fingerprint density at radius 3 is 2.06 bits per heavy atom. The molecule has 1 aromatic carbocycles. The highest BCUT2D eigenvalue weighted by atomic mass is 32.2. The van der Waals surface area contributed by atoms with E-state index < -0.39 is 4.93 Å². The summed E-state index contributed by atoms with van der Waals surface area (Å²) in [6.07, 6.45) is 1.72. The lowest BCUT2D eigenvalue weighted by Crippen LogP contribution is -2.40. The second kappa shape index (κ2) is 4.03. The number of hydrogen-bond acceptors (Lipinski definition) is 4. The van der Waals surface area contributed by atoms with Crippen LogP contribution >= 0.6 is 11.8 Å². The van der Waals surface area contributed by atoms with Gasteiger partial charge in [-0.3, -0.25) is 9.59 Å². The highest BCUT2D eigenvalue weighted by molar-refractivity contribution is 8.01. The third-order valence-electron chi connectivity index (χ3n) is 2.65. The minimum atomic E-state index is -1.35. The fraction of sp³-hybridized carbons (Fsp3) is 0.333. The molecule has 1 aliphatic rings. The van der Waals surface area contributed by atoms with E-state index in [2.05, 4.69) is 0 Å². The van der Waals surface area contributed by atoms with Gasteiger partial charge in [0.15, 0.2) is 0 Å². The summed E-state index contributed by atoms with van der Waals surface area (Å²) < 4.78 is 5.41. The topological polar surface area (TPSA) is 43.4 Å². The third-order valence-corrected chi connectivity index (χ3v) is 3.71. The maximum Gasteiger partial charge on any atom is 0.240 e. The van der Waals surface area contributed by atoms with Crippen LogP contribution in [0.4, 0.5) is 0 Å². The summed E-state index contributed by atoms with van der Waals surface area (Å²) in [4.78, 5) is 23.0. The minimum Gasteiger partial charge on any atom is -0.350 e. The van der Waals surface area contributed by atoms with Gasteiger partial charge in [0.2, 0.25) is 16.5 Å². The van der Waals surface area contributed by atoms with Gasteiger partial charge in [-0.1, -0.05) is 24.3 Å². The van der Waals surface area contributed by atoms with Crippen molar-refractivity contribution in [3.8, 4) is 0 Å². The number of carbonyl (C=O) groups is 2. The maximum absolute atomic E-state index is 12.2. The van der Waals surface area contributed by atoms with E-state index in [0.717, 1.165) is 11.8 Å². The molecule has 0 spiro atoms. The number of rotatable bonds is 3. The van der Waals surface area contributed by atoms with E-state index >= 15 is 0 Å². The van der Waals surface area contributed by atoms with Crippen molar-refractivity contribution in [2.75, 3.05) is 12.9 Å². The highest BCUT2D eigenvalue weighted by Gasteiger charge is 2.53. The molecule has 84 valence electrons. The van der Waals surface area contributed by atoms with Crippen LogP contribution in [0.15, 0.2) is 24.3 Å². The van der Waals surface area contributed by atoms with Crippen LogP contribution in [0.2, 0.25) is 0 Å². The second-order valence-corrected chi connectivity index (χ2v) is 4.44. The lowest BCUT2D eigenvalue weighted by atomic mass is 10.1. The van der Waals surface area contributed by atoms with Crippen LogP contribution in [0.3, 0.4) is 0 Å². The molecule has 2 rings (SSSR count). The molecular weight excluding hydrogens is 224 g/mol. The van der Waals surface area contributed by atoms with Gasteiger partial charge in [-0.15, -0.1) is 11.8 Å². The Morgan fingerprint density at radius 1 is 1.19 bits per heavy atom. The summed E-state index contributed by atoms with van der Waals surface area (Å²) in [7, 11) is 0. The van der Waals surface area contributed by atoms with Crippen molar-refractivity contribution >= 4 is 23.3 Å². The Bertz CT molecular complexity index is 418. The molecule has 0 bridgehead atoms. The predicted octanol–water partition coefficient (Wildman–Crippen LogP) is 2.16. The molecule has 0 fully saturated rings. The van der Waals surface area contributed by atoms with E-state index in [1.807, 2.05) is 0 Å². The average Bonchev–Trinajstić information content (AvgIpc) is 2.53. The standard InChI is InChI=1S/C12H12O3S/c1-3-15-12(16-2)10(13)8-6-4-5-7-9(8)11(12)14/h4-7H,3H2,1-2H3. The van der Waals surface area contributed by atoms with Crippen LogP contribution < -0.4 is 0 Å². The Labute approximate surface area is 98.2 Å². The lowest BCUT2D eigenvalue weighted by Gasteiger charge is -2.22. The number of ether oxygens (including phenoxy) is 1. The van der Waals surface area contributed by atoms with Crippen LogP contribution in [-0.2, 0) is 4.74 Å². The van der Waals surface area contributed by atoms with Crippen molar-refractivity contribution in [3.63, 3.8) is 0 Å². The summed E-state index contributed by atoms with van der Waals surface area (Å²) in [5.74, 6) is -0.468. The van der Waals surface area contributed by atoms with E-state index in [0.29, 0.717) is 17.7 Å². The van der Waals surface area contributed by atoms with Crippen molar-refractivity contribution in [3.05, 3.63) is 35.4 Å². The van der Waals surface area contributed by atoms with E-state index in [9.17, 15) is 9.59 Å². The smallest absolute Gasteiger partial charge is 0.240 e. The number of fused-ring (bicyclic) bond motifs is 1. The van der Waals surface area contributed by atoms with Crippen molar-refractivity contribution in [1.82, 2.24) is 0 Å². The van der Waals surface area contributed by atoms with Crippen LogP contribution in [0.25, 0.3) is 0 Å². The molecule has 0 heterocycles. The first-order valence-electron chi connectivity index (χ1n) is 5.05. The van der Waals surface area contributed by atoms with Crippen molar-refractivity contribution in [2.24, 2.45) is 0 Å². The fourth-order valence-corrected chi connectivity index (χ4v) is 2.74. The molecule has 1 aliphatic carbocycles. The van der Waals surface area contributed by atoms with E-state index in [-0.39, 0.29) is 11.6 Å². The number of hydrogen-bond donors (Lipinski definition) is 0. The minimum absolute atomic E-state index is 0.234. The van der Waals surface area contributed by atoms with Gasteiger partial charge in [-0.05, 0) is 13.2 Å². The molecule has 0 N–H and O–H groups in total. The summed E-state index contributed by atoms with van der Waals surface area (Å²) in [5, 5.41) is 0. The Morgan fingerprint density at radius 2 is 1.69 bits per heavy atom. The van der Waals surface area contributed by atoms with Gasteiger partial charge in [0.1, 0.15) is 0 Å². The average molecular weight is 236 g/mol. The highest BCUT2D eigenvalue weighted by Crippen LogP contribution is 2.39. The van der Waals surface area contributed by atoms with Crippen molar-refractivity contribution < 1.29 is 14.3 Å². The second-order valence-electron chi connectivity index (χ2n) is 3.46. The first kappa shape index (κ1) is 11.4. The Balaban J connectivity index is 2.56. The number of benzene rings is 1. The van der Waals surface area contributed by atoms with Crippen LogP contribution in [0.5, 0.6) is 0 Å². The largest absolute Gasteiger partial charge is 0.350 e. The molecule has 0 aliphatic heterocycles. The molecule has 0 unspecified atom stereocenters. The first-order chi connectivity index (χ1) is 7.67. The van der Waals surface area contributed by atoms with Crippen molar-refractivity contribution in [2.45, 2.75) is 11.9 Å². The van der Waals surface area contributed by atoms with E-state index in [1.54, 1.807) is 37.4 Å². The normalized spacial score (nSPS) is 17.6. The van der Waals surface area contributed by atoms with Crippen molar-refractivity contribution in [1.29, 1.82) is 0 Å². The SMILES string of the molecule is CCOC1(SC)C(=O)c2ccccc2C1=O. The van der Waals surface area contributed by atoms with Gasteiger partial charge >= 0.3 is 0 Å². The van der Waals surface area contributed by atoms with Crippen LogP contribution in [0, 0.1) is 0 Å². The predicted molar refractivity (Wildman–Crippen MR) is 63.0 cm³/mol. The molecule has 0 atom stereocenters. The number of ketones is 2. The molecule has 0 amide bonds. The van der Waals surface area contributed by atoms with Crippen LogP contribution in [0.1, 0.15) is 27.6 Å². The molecule has 16 heavy (non-hydrogen) atoms. The number of Topliss-reactive ketones (excluding diaryl/α,β-unsaturated/α-hetero) is 2. The van der Waals surface area contributed by atoms with Gasteiger partial charge in [-0.25, -0.2) is 0 Å². The number of thioether (sulfide) groups is 1. The summed E-state index contributed by atoms with van der Waals surface area (Å²) >= 11 is 1.16. The zero-order valence-corrected chi connectivity index (χ0v) is 9.97. The van der Waals surface area contributed by atoms with Gasteiger partial charge < -0.3 is 4.74 Å². The fourth-order valence-electron chi connectivity index (χ4n) is 1.92.